The molecule has 0 aliphatic heterocycles. The standard InChI is InChI=1S/C14H10F3N5O2/c1-23-11-5-9(4-10(6-11)14(15,16)17)13-19-8-22(21-13)3-2-12-18-7-20-24-12/h2-8H,1H3. The monoisotopic (exact) mass is 337 g/mol. The highest BCUT2D eigenvalue weighted by molar-refractivity contribution is 5.60. The zero-order valence-electron chi connectivity index (χ0n) is 12.2. The number of hydrogen-bond acceptors (Lipinski definition) is 6. The quantitative estimate of drug-likeness (QED) is 0.728. The first-order valence-corrected chi connectivity index (χ1v) is 6.58. The molecule has 0 atom stereocenters. The molecule has 0 radical (unpaired) electrons. The molecular weight excluding hydrogens is 327 g/mol. The number of alkyl halides is 3. The summed E-state index contributed by atoms with van der Waals surface area (Å²) in [4.78, 5) is 7.79. The third-order valence-electron chi connectivity index (χ3n) is 2.98. The van der Waals surface area contributed by atoms with Crippen LogP contribution in [0.4, 0.5) is 13.2 Å². The molecule has 0 N–H and O–H groups in total. The third-order valence-corrected chi connectivity index (χ3v) is 2.98. The van der Waals surface area contributed by atoms with Crippen molar-refractivity contribution in [2.75, 3.05) is 7.11 Å². The van der Waals surface area contributed by atoms with Crippen molar-refractivity contribution in [3.63, 3.8) is 0 Å². The Labute approximate surface area is 133 Å². The number of benzene rings is 1. The molecule has 0 aliphatic rings. The maximum atomic E-state index is 12.9. The Kier molecular flexibility index (Phi) is 4.02. The van der Waals surface area contributed by atoms with E-state index in [0.717, 1.165) is 12.1 Å². The summed E-state index contributed by atoms with van der Waals surface area (Å²) in [6.45, 7) is 0. The third kappa shape index (κ3) is 3.42. The van der Waals surface area contributed by atoms with Gasteiger partial charge in [0.25, 0.3) is 5.89 Å². The summed E-state index contributed by atoms with van der Waals surface area (Å²) in [7, 11) is 1.29. The van der Waals surface area contributed by atoms with Gasteiger partial charge in [0.1, 0.15) is 12.1 Å². The molecule has 0 aliphatic carbocycles. The lowest BCUT2D eigenvalue weighted by atomic mass is 10.1. The summed E-state index contributed by atoms with van der Waals surface area (Å²) in [5, 5.41) is 7.52. The lowest BCUT2D eigenvalue weighted by Crippen LogP contribution is -2.05. The molecule has 0 unspecified atom stereocenters. The Balaban J connectivity index is 1.92. The van der Waals surface area contributed by atoms with Gasteiger partial charge in [0.2, 0.25) is 0 Å². The normalized spacial score (nSPS) is 12.0. The summed E-state index contributed by atoms with van der Waals surface area (Å²) >= 11 is 0. The highest BCUT2D eigenvalue weighted by atomic mass is 19.4. The first kappa shape index (κ1) is 15.7. The second-order valence-electron chi connectivity index (χ2n) is 4.59. The van der Waals surface area contributed by atoms with Gasteiger partial charge in [-0.25, -0.2) is 9.67 Å². The van der Waals surface area contributed by atoms with Crippen LogP contribution in [-0.4, -0.2) is 32.0 Å². The van der Waals surface area contributed by atoms with Gasteiger partial charge in [-0.05, 0) is 18.2 Å². The van der Waals surface area contributed by atoms with Crippen LogP contribution in [0.15, 0.2) is 35.4 Å². The first-order chi connectivity index (χ1) is 11.5. The van der Waals surface area contributed by atoms with Crippen molar-refractivity contribution in [3.8, 4) is 17.1 Å². The number of methoxy groups -OCH3 is 1. The van der Waals surface area contributed by atoms with Crippen molar-refractivity contribution < 1.29 is 22.4 Å². The molecule has 2 aromatic heterocycles. The lowest BCUT2D eigenvalue weighted by molar-refractivity contribution is -0.137. The van der Waals surface area contributed by atoms with E-state index in [1.165, 1.54) is 42.8 Å². The van der Waals surface area contributed by atoms with E-state index >= 15 is 0 Å². The fraction of sp³-hybridized carbons (Fsp3) is 0.143. The van der Waals surface area contributed by atoms with Crippen molar-refractivity contribution in [2.24, 2.45) is 0 Å². The molecule has 124 valence electrons. The average Bonchev–Trinajstić information content (AvgIpc) is 3.23. The topological polar surface area (TPSA) is 78.9 Å². The van der Waals surface area contributed by atoms with E-state index in [0.29, 0.717) is 0 Å². The highest BCUT2D eigenvalue weighted by Gasteiger charge is 2.31. The van der Waals surface area contributed by atoms with E-state index in [1.54, 1.807) is 0 Å². The van der Waals surface area contributed by atoms with Crippen molar-refractivity contribution in [3.05, 3.63) is 42.3 Å². The van der Waals surface area contributed by atoms with Gasteiger partial charge >= 0.3 is 6.18 Å². The van der Waals surface area contributed by atoms with Crippen LogP contribution in [-0.2, 0) is 6.18 Å². The van der Waals surface area contributed by atoms with E-state index in [-0.39, 0.29) is 23.0 Å². The van der Waals surface area contributed by atoms with Gasteiger partial charge in [-0.2, -0.15) is 18.2 Å². The molecule has 0 saturated heterocycles. The SMILES string of the molecule is COc1cc(-c2ncn(C=Cc3ncno3)n2)cc(C(F)(F)F)c1. The Bertz CT molecular complexity index is 856. The fourth-order valence-electron chi connectivity index (χ4n) is 1.88. The second kappa shape index (κ2) is 6.14. The van der Waals surface area contributed by atoms with Crippen LogP contribution in [0.3, 0.4) is 0 Å². The molecule has 2 heterocycles. The van der Waals surface area contributed by atoms with Crippen LogP contribution in [0, 0.1) is 0 Å². The van der Waals surface area contributed by atoms with E-state index in [2.05, 4.69) is 20.2 Å². The van der Waals surface area contributed by atoms with Gasteiger partial charge in [-0.3, -0.25) is 0 Å². The zero-order chi connectivity index (χ0) is 17.2. The second-order valence-corrected chi connectivity index (χ2v) is 4.59. The summed E-state index contributed by atoms with van der Waals surface area (Å²) in [5.74, 6) is 0.444. The zero-order valence-corrected chi connectivity index (χ0v) is 12.2. The summed E-state index contributed by atoms with van der Waals surface area (Å²) < 4.78 is 49.8. The minimum Gasteiger partial charge on any atom is -0.497 e. The molecule has 3 aromatic rings. The Morgan fingerprint density at radius 3 is 2.71 bits per heavy atom. The Morgan fingerprint density at radius 1 is 1.21 bits per heavy atom. The molecule has 1 aromatic carbocycles. The van der Waals surface area contributed by atoms with Gasteiger partial charge < -0.3 is 9.26 Å². The van der Waals surface area contributed by atoms with Crippen molar-refractivity contribution in [2.45, 2.75) is 6.18 Å². The molecule has 0 bridgehead atoms. The van der Waals surface area contributed by atoms with Crippen LogP contribution >= 0.6 is 0 Å². The van der Waals surface area contributed by atoms with Crippen molar-refractivity contribution in [1.29, 1.82) is 0 Å². The number of aromatic nitrogens is 5. The average molecular weight is 337 g/mol. The largest absolute Gasteiger partial charge is 0.497 e. The fourth-order valence-corrected chi connectivity index (χ4v) is 1.88. The van der Waals surface area contributed by atoms with Crippen LogP contribution in [0.1, 0.15) is 11.5 Å². The number of rotatable bonds is 4. The van der Waals surface area contributed by atoms with E-state index in [4.69, 9.17) is 9.26 Å². The smallest absolute Gasteiger partial charge is 0.416 e. The van der Waals surface area contributed by atoms with Gasteiger partial charge in [-0.15, -0.1) is 5.10 Å². The molecular formula is C14H10F3N5O2. The predicted molar refractivity (Wildman–Crippen MR) is 76.5 cm³/mol. The summed E-state index contributed by atoms with van der Waals surface area (Å²) in [6, 6.07) is 3.30. The molecule has 7 nitrogen and oxygen atoms in total. The highest BCUT2D eigenvalue weighted by Crippen LogP contribution is 2.34. The molecule has 0 fully saturated rings. The van der Waals surface area contributed by atoms with E-state index in [9.17, 15) is 13.2 Å². The van der Waals surface area contributed by atoms with Crippen molar-refractivity contribution >= 4 is 12.3 Å². The van der Waals surface area contributed by atoms with E-state index < -0.39 is 11.7 Å². The maximum Gasteiger partial charge on any atom is 0.416 e. The van der Waals surface area contributed by atoms with Gasteiger partial charge in [0.05, 0.1) is 12.7 Å². The maximum absolute atomic E-state index is 12.9. The minimum absolute atomic E-state index is 0.0672. The molecule has 0 amide bonds. The van der Waals surface area contributed by atoms with Crippen LogP contribution < -0.4 is 4.74 Å². The van der Waals surface area contributed by atoms with Gasteiger partial charge in [0, 0.05) is 17.8 Å². The number of halogens is 3. The first-order valence-electron chi connectivity index (χ1n) is 6.58. The van der Waals surface area contributed by atoms with Gasteiger partial charge in [-0.1, -0.05) is 5.16 Å². The van der Waals surface area contributed by atoms with Crippen molar-refractivity contribution in [1.82, 2.24) is 24.9 Å². The Morgan fingerprint density at radius 2 is 2.04 bits per heavy atom. The number of hydrogen-bond donors (Lipinski definition) is 0. The van der Waals surface area contributed by atoms with Crippen LogP contribution in [0.5, 0.6) is 5.75 Å². The van der Waals surface area contributed by atoms with Crippen LogP contribution in [0.25, 0.3) is 23.7 Å². The number of ether oxygens (including phenoxy) is 1. The molecule has 0 spiro atoms. The van der Waals surface area contributed by atoms with E-state index in [1.807, 2.05) is 0 Å². The summed E-state index contributed by atoms with van der Waals surface area (Å²) in [6.07, 6.45) is 1.05. The molecule has 24 heavy (non-hydrogen) atoms. The summed E-state index contributed by atoms with van der Waals surface area (Å²) in [5.41, 5.74) is -0.652. The van der Waals surface area contributed by atoms with Crippen LogP contribution in [0.2, 0.25) is 0 Å². The van der Waals surface area contributed by atoms with Gasteiger partial charge in [0.15, 0.2) is 12.2 Å². The molecule has 3 rings (SSSR count). The molecule has 0 saturated carbocycles. The Hall–Kier alpha value is -3.17. The molecule has 10 heteroatoms. The number of nitrogens with zero attached hydrogens (tertiary/aromatic N) is 5. The predicted octanol–water partition coefficient (Wildman–Crippen LogP) is 2.98. The lowest BCUT2D eigenvalue weighted by Gasteiger charge is -2.10. The minimum atomic E-state index is -4.50.